The summed E-state index contributed by atoms with van der Waals surface area (Å²) in [7, 11) is 0. The Morgan fingerprint density at radius 2 is 1.88 bits per heavy atom. The van der Waals surface area contributed by atoms with E-state index in [1.54, 1.807) is 0 Å². The maximum atomic E-state index is 5.83. The summed E-state index contributed by atoms with van der Waals surface area (Å²) in [5.74, 6) is 2.05. The fraction of sp³-hybridized carbons (Fsp3) is 0.923. The van der Waals surface area contributed by atoms with Gasteiger partial charge in [0.05, 0.1) is 0 Å². The molecule has 0 spiro atoms. The summed E-state index contributed by atoms with van der Waals surface area (Å²) in [5.41, 5.74) is 6.30. The largest absolute Gasteiger partial charge is 0.370 e. The van der Waals surface area contributed by atoms with E-state index in [-0.39, 0.29) is 24.0 Å². The van der Waals surface area contributed by atoms with Crippen molar-refractivity contribution in [2.75, 3.05) is 13.1 Å². The predicted octanol–water partition coefficient (Wildman–Crippen LogP) is 2.99. The maximum Gasteiger partial charge on any atom is 0.188 e. The van der Waals surface area contributed by atoms with Gasteiger partial charge >= 0.3 is 0 Å². The van der Waals surface area contributed by atoms with E-state index in [1.165, 1.54) is 12.8 Å². The number of nitrogens with one attached hydrogen (secondary N) is 1. The SMILES string of the molecule is CC(C)CCNC(N)=NCC1(C(C)C)CC1.I. The van der Waals surface area contributed by atoms with Crippen LogP contribution in [0.15, 0.2) is 4.99 Å². The normalized spacial score (nSPS) is 18.1. The lowest BCUT2D eigenvalue weighted by atomic mass is 9.93. The molecule has 0 aromatic heterocycles. The summed E-state index contributed by atoms with van der Waals surface area (Å²) in [4.78, 5) is 4.46. The number of guanidine groups is 1. The van der Waals surface area contributed by atoms with Gasteiger partial charge in [-0.3, -0.25) is 4.99 Å². The van der Waals surface area contributed by atoms with Crippen LogP contribution in [0.3, 0.4) is 0 Å². The van der Waals surface area contributed by atoms with Gasteiger partial charge in [-0.05, 0) is 36.5 Å². The molecule has 17 heavy (non-hydrogen) atoms. The Labute approximate surface area is 123 Å². The van der Waals surface area contributed by atoms with Gasteiger partial charge in [-0.15, -0.1) is 24.0 Å². The molecular formula is C13H28IN3. The summed E-state index contributed by atoms with van der Waals surface area (Å²) in [5, 5.41) is 3.18. The Hall–Kier alpha value is 0. The predicted molar refractivity (Wildman–Crippen MR) is 85.9 cm³/mol. The third kappa shape index (κ3) is 5.93. The number of halogens is 1. The van der Waals surface area contributed by atoms with Gasteiger partial charge in [0, 0.05) is 13.1 Å². The van der Waals surface area contributed by atoms with Crippen LogP contribution in [0, 0.1) is 17.3 Å². The second kappa shape index (κ2) is 7.44. The quantitative estimate of drug-likeness (QED) is 0.438. The molecule has 1 fully saturated rings. The zero-order valence-corrected chi connectivity index (χ0v) is 14.0. The molecule has 3 nitrogen and oxygen atoms in total. The Morgan fingerprint density at radius 3 is 2.29 bits per heavy atom. The standard InChI is InChI=1S/C13H27N3.HI/c1-10(2)5-8-15-12(14)16-9-13(6-7-13)11(3)4;/h10-11H,5-9H2,1-4H3,(H3,14,15,16);1H. The van der Waals surface area contributed by atoms with Gasteiger partial charge < -0.3 is 11.1 Å². The summed E-state index contributed by atoms with van der Waals surface area (Å²) in [6.07, 6.45) is 3.77. The molecule has 0 heterocycles. The first-order valence-corrected chi connectivity index (χ1v) is 6.50. The molecule has 0 aromatic rings. The van der Waals surface area contributed by atoms with Crippen molar-refractivity contribution in [3.63, 3.8) is 0 Å². The van der Waals surface area contributed by atoms with Crippen molar-refractivity contribution in [3.8, 4) is 0 Å². The average Bonchev–Trinajstić information content (AvgIpc) is 2.95. The molecule has 4 heteroatoms. The number of rotatable bonds is 6. The van der Waals surface area contributed by atoms with Crippen molar-refractivity contribution >= 4 is 29.9 Å². The smallest absolute Gasteiger partial charge is 0.188 e. The fourth-order valence-electron chi connectivity index (χ4n) is 1.87. The molecule has 1 aliphatic rings. The highest BCUT2D eigenvalue weighted by atomic mass is 127. The monoisotopic (exact) mass is 353 g/mol. The molecule has 0 saturated heterocycles. The Morgan fingerprint density at radius 1 is 1.29 bits per heavy atom. The second-order valence-electron chi connectivity index (χ2n) is 5.83. The molecule has 0 radical (unpaired) electrons. The van der Waals surface area contributed by atoms with E-state index in [1.807, 2.05) is 0 Å². The lowest BCUT2D eigenvalue weighted by Gasteiger charge is -2.17. The van der Waals surface area contributed by atoms with Gasteiger partial charge in [-0.1, -0.05) is 27.7 Å². The number of nitrogens with zero attached hydrogens (tertiary/aromatic N) is 1. The fourth-order valence-corrected chi connectivity index (χ4v) is 1.87. The van der Waals surface area contributed by atoms with Gasteiger partial charge in [0.25, 0.3) is 0 Å². The van der Waals surface area contributed by atoms with Crippen LogP contribution in [-0.2, 0) is 0 Å². The second-order valence-corrected chi connectivity index (χ2v) is 5.83. The van der Waals surface area contributed by atoms with Crippen molar-refractivity contribution in [2.24, 2.45) is 28.0 Å². The van der Waals surface area contributed by atoms with E-state index >= 15 is 0 Å². The Bertz CT molecular complexity index is 245. The molecule has 1 rings (SSSR count). The topological polar surface area (TPSA) is 50.4 Å². The van der Waals surface area contributed by atoms with E-state index in [0.29, 0.717) is 17.3 Å². The van der Waals surface area contributed by atoms with Gasteiger partial charge in [0.15, 0.2) is 5.96 Å². The van der Waals surface area contributed by atoms with E-state index in [4.69, 9.17) is 5.73 Å². The van der Waals surface area contributed by atoms with Crippen molar-refractivity contribution in [2.45, 2.75) is 47.0 Å². The van der Waals surface area contributed by atoms with Crippen molar-refractivity contribution < 1.29 is 0 Å². The van der Waals surface area contributed by atoms with Crippen LogP contribution in [0.25, 0.3) is 0 Å². The lowest BCUT2D eigenvalue weighted by molar-refractivity contribution is 0.370. The summed E-state index contributed by atoms with van der Waals surface area (Å²) >= 11 is 0. The molecule has 0 bridgehead atoms. The zero-order chi connectivity index (χ0) is 12.2. The van der Waals surface area contributed by atoms with Crippen LogP contribution in [-0.4, -0.2) is 19.0 Å². The maximum absolute atomic E-state index is 5.83. The van der Waals surface area contributed by atoms with Crippen molar-refractivity contribution in [1.82, 2.24) is 5.32 Å². The molecule has 1 aliphatic carbocycles. The van der Waals surface area contributed by atoms with Gasteiger partial charge in [-0.2, -0.15) is 0 Å². The van der Waals surface area contributed by atoms with Crippen molar-refractivity contribution in [1.29, 1.82) is 0 Å². The number of hydrogen-bond donors (Lipinski definition) is 2. The molecule has 0 aromatic carbocycles. The molecule has 3 N–H and O–H groups in total. The minimum atomic E-state index is 0. The first kappa shape index (κ1) is 17.0. The zero-order valence-electron chi connectivity index (χ0n) is 11.6. The average molecular weight is 353 g/mol. The molecule has 102 valence electrons. The highest BCUT2D eigenvalue weighted by molar-refractivity contribution is 14.0. The van der Waals surface area contributed by atoms with E-state index < -0.39 is 0 Å². The Kier molecular flexibility index (Phi) is 7.44. The Balaban J connectivity index is 0.00000256. The molecule has 0 unspecified atom stereocenters. The first-order chi connectivity index (χ1) is 7.46. The third-order valence-corrected chi connectivity index (χ3v) is 3.71. The minimum absolute atomic E-state index is 0. The van der Waals surface area contributed by atoms with Crippen LogP contribution < -0.4 is 11.1 Å². The first-order valence-electron chi connectivity index (χ1n) is 6.50. The summed E-state index contributed by atoms with van der Waals surface area (Å²) < 4.78 is 0. The molecule has 0 aliphatic heterocycles. The molecule has 0 amide bonds. The summed E-state index contributed by atoms with van der Waals surface area (Å²) in [6, 6.07) is 0. The highest BCUT2D eigenvalue weighted by Gasteiger charge is 2.44. The molecule has 0 atom stereocenters. The summed E-state index contributed by atoms with van der Waals surface area (Å²) in [6.45, 7) is 10.8. The van der Waals surface area contributed by atoms with Crippen LogP contribution in [0.1, 0.15) is 47.0 Å². The van der Waals surface area contributed by atoms with E-state index in [2.05, 4.69) is 38.0 Å². The van der Waals surface area contributed by atoms with Gasteiger partial charge in [0.2, 0.25) is 0 Å². The van der Waals surface area contributed by atoms with Crippen molar-refractivity contribution in [3.05, 3.63) is 0 Å². The molecule has 1 saturated carbocycles. The van der Waals surface area contributed by atoms with E-state index in [0.717, 1.165) is 25.4 Å². The molecular weight excluding hydrogens is 325 g/mol. The van der Waals surface area contributed by atoms with Crippen LogP contribution in [0.4, 0.5) is 0 Å². The van der Waals surface area contributed by atoms with Crippen LogP contribution in [0.2, 0.25) is 0 Å². The van der Waals surface area contributed by atoms with Gasteiger partial charge in [-0.25, -0.2) is 0 Å². The number of hydrogen-bond acceptors (Lipinski definition) is 1. The van der Waals surface area contributed by atoms with E-state index in [9.17, 15) is 0 Å². The van der Waals surface area contributed by atoms with Gasteiger partial charge in [0.1, 0.15) is 0 Å². The number of aliphatic imine (C=N–C) groups is 1. The number of nitrogens with two attached hydrogens (primary N) is 1. The lowest BCUT2D eigenvalue weighted by Crippen LogP contribution is -2.33. The highest BCUT2D eigenvalue weighted by Crippen LogP contribution is 2.51. The van der Waals surface area contributed by atoms with Crippen LogP contribution >= 0.6 is 24.0 Å². The van der Waals surface area contributed by atoms with Crippen LogP contribution in [0.5, 0.6) is 0 Å². The minimum Gasteiger partial charge on any atom is -0.370 e. The third-order valence-electron chi connectivity index (χ3n) is 3.71.